The van der Waals surface area contributed by atoms with Gasteiger partial charge in [0.05, 0.1) is 16.8 Å². The van der Waals surface area contributed by atoms with E-state index in [-0.39, 0.29) is 29.2 Å². The third kappa shape index (κ3) is 11.7. The maximum Gasteiger partial charge on any atom is 0.371 e. The summed E-state index contributed by atoms with van der Waals surface area (Å²) in [7, 11) is 0. The lowest BCUT2D eigenvalue weighted by atomic mass is 9.97. The molecule has 8 nitrogen and oxygen atoms in total. The number of carbonyl (C=O) groups excluding carboxylic acids is 5. The summed E-state index contributed by atoms with van der Waals surface area (Å²) in [5.74, 6) is -2.22. The van der Waals surface area contributed by atoms with Gasteiger partial charge in [0.25, 0.3) is 0 Å². The van der Waals surface area contributed by atoms with Crippen LogP contribution in [0.1, 0.15) is 48.0 Å². The fraction of sp³-hybridized carbons (Fsp3) is 0.706. The second-order valence-electron chi connectivity index (χ2n) is 6.37. The molecule has 1 atom stereocenters. The molecule has 0 aliphatic heterocycles. The van der Waals surface area contributed by atoms with Gasteiger partial charge in [-0.1, -0.05) is 11.8 Å². The maximum atomic E-state index is 12.6. The van der Waals surface area contributed by atoms with E-state index < -0.39 is 34.7 Å². The Bertz CT molecular complexity index is 571. The van der Waals surface area contributed by atoms with Gasteiger partial charge in [-0.15, -0.1) is 0 Å². The second kappa shape index (κ2) is 12.0. The molecular weight excluding hydrogens is 396 g/mol. The van der Waals surface area contributed by atoms with Gasteiger partial charge in [-0.05, 0) is 39.5 Å². The summed E-state index contributed by atoms with van der Waals surface area (Å²) in [6.45, 7) is 8.43. The van der Waals surface area contributed by atoms with E-state index in [9.17, 15) is 24.0 Å². The fourth-order valence-corrected chi connectivity index (χ4v) is 3.09. The van der Waals surface area contributed by atoms with Gasteiger partial charge in [0, 0.05) is 26.0 Å². The van der Waals surface area contributed by atoms with Crippen molar-refractivity contribution in [2.75, 3.05) is 12.5 Å². The number of hydrogen-bond donors (Lipinski definition) is 0. The second-order valence-corrected chi connectivity index (χ2v) is 9.13. The van der Waals surface area contributed by atoms with Crippen molar-refractivity contribution in [1.29, 1.82) is 0 Å². The largest absolute Gasteiger partial charge is 0.463 e. The summed E-state index contributed by atoms with van der Waals surface area (Å²) >= 11 is 1.56. The monoisotopic (exact) mass is 422 g/mol. The molecule has 0 bridgehead atoms. The zero-order valence-corrected chi connectivity index (χ0v) is 18.0. The first-order valence-corrected chi connectivity index (χ1v) is 10.0. The highest BCUT2D eigenvalue weighted by Crippen LogP contribution is 2.30. The Morgan fingerprint density at radius 3 is 2.07 bits per heavy atom. The first-order chi connectivity index (χ1) is 12.3. The molecule has 0 spiro atoms. The van der Waals surface area contributed by atoms with Gasteiger partial charge < -0.3 is 14.2 Å². The SMILES string of the molecule is CC(=O)OCOC(=O)SC(C)(C)C(=O)C[C@@H](CSC(C)=O)C(=O)OC(C)C. The van der Waals surface area contributed by atoms with Gasteiger partial charge in [0.2, 0.25) is 6.79 Å². The topological polar surface area (TPSA) is 113 Å². The van der Waals surface area contributed by atoms with Crippen molar-refractivity contribution in [1.82, 2.24) is 0 Å². The van der Waals surface area contributed by atoms with E-state index in [4.69, 9.17) is 9.47 Å². The summed E-state index contributed by atoms with van der Waals surface area (Å²) in [5, 5.41) is -0.957. The zero-order valence-electron chi connectivity index (χ0n) is 16.4. The molecule has 0 heterocycles. The summed E-state index contributed by atoms with van der Waals surface area (Å²) < 4.78 is 13.2. The molecule has 0 aromatic carbocycles. The predicted octanol–water partition coefficient (Wildman–Crippen LogP) is 2.96. The Morgan fingerprint density at radius 1 is 1.00 bits per heavy atom. The lowest BCUT2D eigenvalue weighted by Gasteiger charge is -2.24. The minimum Gasteiger partial charge on any atom is -0.463 e. The van der Waals surface area contributed by atoms with Crippen LogP contribution in [0.25, 0.3) is 0 Å². The predicted molar refractivity (Wildman–Crippen MR) is 102 cm³/mol. The van der Waals surface area contributed by atoms with Gasteiger partial charge >= 0.3 is 17.2 Å². The number of rotatable bonds is 10. The minimum atomic E-state index is -1.18. The molecule has 0 rings (SSSR count). The molecule has 0 aromatic rings. The molecule has 10 heteroatoms. The first-order valence-electron chi connectivity index (χ1n) is 8.21. The third-order valence-corrected chi connectivity index (χ3v) is 5.05. The fourth-order valence-electron chi connectivity index (χ4n) is 1.68. The van der Waals surface area contributed by atoms with E-state index >= 15 is 0 Å². The molecule has 0 aliphatic carbocycles. The number of thioether (sulfide) groups is 2. The van der Waals surface area contributed by atoms with E-state index in [0.717, 1.165) is 11.8 Å². The number of ketones is 1. The van der Waals surface area contributed by atoms with Gasteiger partial charge in [0.15, 0.2) is 5.12 Å². The Kier molecular flexibility index (Phi) is 11.3. The maximum absolute atomic E-state index is 12.6. The molecule has 27 heavy (non-hydrogen) atoms. The van der Waals surface area contributed by atoms with Crippen molar-refractivity contribution in [3.63, 3.8) is 0 Å². The van der Waals surface area contributed by atoms with Crippen molar-refractivity contribution < 1.29 is 38.2 Å². The summed E-state index contributed by atoms with van der Waals surface area (Å²) in [6, 6.07) is 0. The molecule has 0 saturated heterocycles. The van der Waals surface area contributed by atoms with Crippen LogP contribution in [0.2, 0.25) is 0 Å². The van der Waals surface area contributed by atoms with Crippen LogP contribution in [0.5, 0.6) is 0 Å². The normalized spacial score (nSPS) is 12.3. The Hall–Kier alpha value is -1.55. The van der Waals surface area contributed by atoms with Gasteiger partial charge in [-0.2, -0.15) is 0 Å². The molecule has 154 valence electrons. The van der Waals surface area contributed by atoms with Crippen molar-refractivity contribution >= 4 is 51.7 Å². The van der Waals surface area contributed by atoms with Crippen LogP contribution in [0.3, 0.4) is 0 Å². The van der Waals surface area contributed by atoms with Crippen LogP contribution in [0.4, 0.5) is 4.79 Å². The number of Topliss-reactive ketones (excluding diaryl/α,β-unsaturated/α-hetero) is 1. The van der Waals surface area contributed by atoms with E-state index in [1.54, 1.807) is 13.8 Å². The van der Waals surface area contributed by atoms with E-state index in [1.807, 2.05) is 0 Å². The molecular formula is C17H26O8S2. The third-order valence-electron chi connectivity index (χ3n) is 3.05. The van der Waals surface area contributed by atoms with Crippen LogP contribution in [0, 0.1) is 5.92 Å². The van der Waals surface area contributed by atoms with Crippen molar-refractivity contribution in [3.8, 4) is 0 Å². The molecule has 0 radical (unpaired) electrons. The first kappa shape index (κ1) is 25.4. The highest BCUT2D eigenvalue weighted by Gasteiger charge is 2.36. The van der Waals surface area contributed by atoms with E-state index in [1.165, 1.54) is 27.7 Å². The lowest BCUT2D eigenvalue weighted by molar-refractivity contribution is -0.153. The summed E-state index contributed by atoms with van der Waals surface area (Å²) in [5.41, 5.74) is 0. The zero-order chi connectivity index (χ0) is 21.2. The summed E-state index contributed by atoms with van der Waals surface area (Å²) in [6.07, 6.45) is -0.528. The van der Waals surface area contributed by atoms with Crippen molar-refractivity contribution in [3.05, 3.63) is 0 Å². The van der Waals surface area contributed by atoms with Crippen LogP contribution in [-0.2, 0) is 33.4 Å². The van der Waals surface area contributed by atoms with Gasteiger partial charge in [0.1, 0.15) is 5.78 Å². The number of esters is 2. The highest BCUT2D eigenvalue weighted by molar-refractivity contribution is 8.15. The van der Waals surface area contributed by atoms with Crippen LogP contribution in [-0.4, -0.2) is 51.5 Å². The molecule has 0 aromatic heterocycles. The van der Waals surface area contributed by atoms with Crippen LogP contribution in [0.15, 0.2) is 0 Å². The number of hydrogen-bond acceptors (Lipinski definition) is 10. The van der Waals surface area contributed by atoms with E-state index in [0.29, 0.717) is 11.8 Å². The van der Waals surface area contributed by atoms with Gasteiger partial charge in [-0.3, -0.25) is 19.2 Å². The molecule has 0 N–H and O–H groups in total. The van der Waals surface area contributed by atoms with E-state index in [2.05, 4.69) is 4.74 Å². The quantitative estimate of drug-likeness (QED) is 0.384. The number of ether oxygens (including phenoxy) is 3. The average molecular weight is 423 g/mol. The number of carbonyl (C=O) groups is 5. The van der Waals surface area contributed by atoms with Crippen LogP contribution >= 0.6 is 23.5 Å². The minimum absolute atomic E-state index is 0.115. The van der Waals surface area contributed by atoms with Crippen molar-refractivity contribution in [2.45, 2.75) is 58.8 Å². The highest BCUT2D eigenvalue weighted by atomic mass is 32.2. The smallest absolute Gasteiger partial charge is 0.371 e. The Labute approximate surface area is 167 Å². The molecule has 0 fully saturated rings. The standard InChI is InChI=1S/C17H26O8S2/c1-10(2)25-15(21)13(8-26-12(4)19)7-14(20)17(5,6)27-16(22)24-9-23-11(3)18/h10,13H,7-9H2,1-6H3/t13-/m0/s1. The Balaban J connectivity index is 4.89. The molecule has 0 unspecified atom stereocenters. The van der Waals surface area contributed by atoms with Crippen LogP contribution < -0.4 is 0 Å². The van der Waals surface area contributed by atoms with Gasteiger partial charge in [-0.25, -0.2) is 4.79 Å². The average Bonchev–Trinajstić information content (AvgIpc) is 2.49. The van der Waals surface area contributed by atoms with Crippen molar-refractivity contribution in [2.24, 2.45) is 5.92 Å². The lowest BCUT2D eigenvalue weighted by Crippen LogP contribution is -2.35. The summed E-state index contributed by atoms with van der Waals surface area (Å²) in [4.78, 5) is 58.4. The molecule has 0 saturated carbocycles. The Morgan fingerprint density at radius 2 is 1.59 bits per heavy atom. The molecule has 0 aliphatic rings. The molecule has 0 amide bonds.